The van der Waals surface area contributed by atoms with Crippen molar-refractivity contribution < 1.29 is 14.2 Å². The summed E-state index contributed by atoms with van der Waals surface area (Å²) in [6, 6.07) is 19.8. The number of rotatable bonds is 7. The number of methoxy groups -OCH3 is 2. The zero-order valence-electron chi connectivity index (χ0n) is 22.1. The van der Waals surface area contributed by atoms with Gasteiger partial charge in [-0.1, -0.05) is 60.4 Å². The Labute approximate surface area is 244 Å². The molecule has 0 radical (unpaired) electrons. The summed E-state index contributed by atoms with van der Waals surface area (Å²) < 4.78 is 20.1. The Bertz CT molecular complexity index is 1850. The number of benzene rings is 3. The topological polar surface area (TPSA) is 62.0 Å². The number of thiazole rings is 1. The highest BCUT2D eigenvalue weighted by atomic mass is 79.9. The van der Waals surface area contributed by atoms with E-state index in [1.165, 1.54) is 16.9 Å². The normalized spacial score (nSPS) is 16.0. The van der Waals surface area contributed by atoms with Crippen molar-refractivity contribution in [1.29, 1.82) is 0 Å². The van der Waals surface area contributed by atoms with E-state index >= 15 is 0 Å². The predicted octanol–water partition coefficient (Wildman–Crippen LogP) is 5.66. The Morgan fingerprint density at radius 2 is 1.85 bits per heavy atom. The van der Waals surface area contributed by atoms with Crippen LogP contribution in [0.15, 0.2) is 93.2 Å². The number of aromatic nitrogens is 1. The Morgan fingerprint density at radius 1 is 1.05 bits per heavy atom. The number of hydrogen-bond donors (Lipinski definition) is 0. The number of aryl methyl sites for hydroxylation is 1. The van der Waals surface area contributed by atoms with Gasteiger partial charge in [-0.15, -0.1) is 0 Å². The maximum Gasteiger partial charge on any atom is 0.271 e. The Hall–Kier alpha value is -3.88. The van der Waals surface area contributed by atoms with Crippen LogP contribution in [-0.4, -0.2) is 25.4 Å². The third-order valence-electron chi connectivity index (χ3n) is 7.21. The second-order valence-electron chi connectivity index (χ2n) is 9.52. The molecule has 6 nitrogen and oxygen atoms in total. The Kier molecular flexibility index (Phi) is 7.21. The molecule has 40 heavy (non-hydrogen) atoms. The molecule has 1 aromatic heterocycles. The van der Waals surface area contributed by atoms with Gasteiger partial charge in [0.25, 0.3) is 5.56 Å². The van der Waals surface area contributed by atoms with Crippen molar-refractivity contribution >= 4 is 39.0 Å². The van der Waals surface area contributed by atoms with Crippen LogP contribution in [0.5, 0.6) is 17.2 Å². The van der Waals surface area contributed by atoms with Gasteiger partial charge >= 0.3 is 0 Å². The molecule has 0 saturated carbocycles. The van der Waals surface area contributed by atoms with Gasteiger partial charge in [-0.05, 0) is 81.4 Å². The van der Waals surface area contributed by atoms with Crippen molar-refractivity contribution in [2.24, 2.45) is 4.99 Å². The van der Waals surface area contributed by atoms with Crippen LogP contribution in [-0.2, 0) is 6.42 Å². The van der Waals surface area contributed by atoms with Crippen LogP contribution in [0.25, 0.3) is 11.8 Å². The summed E-state index contributed by atoms with van der Waals surface area (Å²) in [5.74, 6) is 1.99. The fraction of sp³-hybridized carbons (Fsp3) is 0.188. The van der Waals surface area contributed by atoms with Gasteiger partial charge in [-0.2, -0.15) is 0 Å². The molecule has 0 fully saturated rings. The van der Waals surface area contributed by atoms with Crippen LogP contribution in [0.4, 0.5) is 0 Å². The monoisotopic (exact) mass is 614 g/mol. The third-order valence-corrected chi connectivity index (χ3v) is 8.81. The molecular formula is C32H27BrN2O4S. The average Bonchev–Trinajstić information content (AvgIpc) is 3.29. The number of halogens is 1. The summed E-state index contributed by atoms with van der Waals surface area (Å²) >= 11 is 4.99. The lowest BCUT2D eigenvalue weighted by molar-refractivity contribution is 0.354. The fourth-order valence-electron chi connectivity index (χ4n) is 5.37. The second kappa shape index (κ2) is 10.9. The van der Waals surface area contributed by atoms with E-state index in [4.69, 9.17) is 19.2 Å². The Morgan fingerprint density at radius 3 is 2.62 bits per heavy atom. The lowest BCUT2D eigenvalue weighted by Gasteiger charge is -2.31. The number of nitrogens with zero attached hydrogens (tertiary/aromatic N) is 2. The molecule has 202 valence electrons. The number of allylic oxidation sites excluding steroid dienone is 1. The van der Waals surface area contributed by atoms with Crippen LogP contribution in [0, 0.1) is 0 Å². The quantitative estimate of drug-likeness (QED) is 0.252. The molecule has 1 atom stereocenters. The van der Waals surface area contributed by atoms with Gasteiger partial charge in [0, 0.05) is 5.56 Å². The highest BCUT2D eigenvalue weighted by Gasteiger charge is 2.33. The zero-order valence-corrected chi connectivity index (χ0v) is 24.6. The molecule has 0 amide bonds. The standard InChI is InChI=1S/C32H27BrN2O4S/c1-4-15-39-25-13-9-19(16-24(25)33)17-28-31(36)35-30(21-11-14-26(37-2)27(18-21)38-3)23-12-10-20-7-5-6-8-22(20)29(23)34-32(35)40-28/h4-9,11,13-14,16-18,30H,1,10,12,15H2,2-3H3/b28-17-/t30-/m1/s1. The first-order valence-electron chi connectivity index (χ1n) is 12.9. The van der Waals surface area contributed by atoms with E-state index < -0.39 is 0 Å². The van der Waals surface area contributed by atoms with E-state index in [9.17, 15) is 4.79 Å². The molecule has 0 spiro atoms. The maximum atomic E-state index is 14.0. The molecule has 0 saturated heterocycles. The van der Waals surface area contributed by atoms with Crippen LogP contribution in [0.3, 0.4) is 0 Å². The zero-order chi connectivity index (χ0) is 27.8. The third kappa shape index (κ3) is 4.61. The molecule has 0 unspecified atom stereocenters. The molecule has 0 bridgehead atoms. The summed E-state index contributed by atoms with van der Waals surface area (Å²) in [4.78, 5) is 19.8. The van der Waals surface area contributed by atoms with Crippen molar-refractivity contribution in [3.05, 3.63) is 125 Å². The van der Waals surface area contributed by atoms with Gasteiger partial charge in [-0.3, -0.25) is 9.36 Å². The summed E-state index contributed by atoms with van der Waals surface area (Å²) in [6.45, 7) is 4.12. The van der Waals surface area contributed by atoms with E-state index in [-0.39, 0.29) is 11.6 Å². The van der Waals surface area contributed by atoms with Gasteiger partial charge in [0.1, 0.15) is 12.4 Å². The number of fused-ring (bicyclic) bond motifs is 3. The van der Waals surface area contributed by atoms with Crippen LogP contribution in [0.2, 0.25) is 0 Å². The van der Waals surface area contributed by atoms with Gasteiger partial charge < -0.3 is 14.2 Å². The lowest BCUT2D eigenvalue weighted by atomic mass is 9.83. The van der Waals surface area contributed by atoms with Crippen molar-refractivity contribution in [1.82, 2.24) is 4.57 Å². The van der Waals surface area contributed by atoms with Crippen molar-refractivity contribution in [3.63, 3.8) is 0 Å². The molecule has 6 rings (SSSR count). The SMILES string of the molecule is C=CCOc1ccc(/C=c2\sc3n(c2=O)[C@H](c2ccc(OC)c(OC)c2)C2=C(N=3)c3ccccc3CC2)cc1Br. The summed E-state index contributed by atoms with van der Waals surface area (Å²) in [6.07, 6.45) is 5.33. The minimum absolute atomic E-state index is 0.0722. The number of ether oxygens (including phenoxy) is 3. The van der Waals surface area contributed by atoms with Gasteiger partial charge in [-0.25, -0.2) is 4.99 Å². The first kappa shape index (κ1) is 26.3. The van der Waals surface area contributed by atoms with Gasteiger partial charge in [0.15, 0.2) is 16.3 Å². The van der Waals surface area contributed by atoms with E-state index in [0.29, 0.717) is 27.4 Å². The van der Waals surface area contributed by atoms with Crippen LogP contribution >= 0.6 is 27.3 Å². The van der Waals surface area contributed by atoms with Crippen molar-refractivity contribution in [3.8, 4) is 17.2 Å². The minimum atomic E-state index is -0.303. The van der Waals surface area contributed by atoms with E-state index in [0.717, 1.165) is 51.0 Å². The van der Waals surface area contributed by atoms with Crippen molar-refractivity contribution in [2.45, 2.75) is 18.9 Å². The molecule has 8 heteroatoms. The van der Waals surface area contributed by atoms with E-state index in [2.05, 4.69) is 40.7 Å². The van der Waals surface area contributed by atoms with Gasteiger partial charge in [0.2, 0.25) is 0 Å². The molecule has 1 aliphatic carbocycles. The lowest BCUT2D eigenvalue weighted by Crippen LogP contribution is -2.38. The predicted molar refractivity (Wildman–Crippen MR) is 162 cm³/mol. The highest BCUT2D eigenvalue weighted by Crippen LogP contribution is 2.42. The summed E-state index contributed by atoms with van der Waals surface area (Å²) in [7, 11) is 3.25. The maximum absolute atomic E-state index is 14.0. The first-order chi connectivity index (χ1) is 19.5. The molecule has 2 aliphatic rings. The molecule has 4 aromatic rings. The summed E-state index contributed by atoms with van der Waals surface area (Å²) in [5.41, 5.74) is 6.28. The number of hydrogen-bond acceptors (Lipinski definition) is 6. The Balaban J connectivity index is 1.55. The van der Waals surface area contributed by atoms with E-state index in [1.54, 1.807) is 20.3 Å². The average molecular weight is 616 g/mol. The highest BCUT2D eigenvalue weighted by molar-refractivity contribution is 9.10. The smallest absolute Gasteiger partial charge is 0.271 e. The molecule has 0 N–H and O–H groups in total. The molecule has 1 aliphatic heterocycles. The van der Waals surface area contributed by atoms with Crippen molar-refractivity contribution in [2.75, 3.05) is 20.8 Å². The second-order valence-corrected chi connectivity index (χ2v) is 11.4. The molecule has 3 aromatic carbocycles. The van der Waals surface area contributed by atoms with Crippen LogP contribution < -0.4 is 29.1 Å². The van der Waals surface area contributed by atoms with Gasteiger partial charge in [0.05, 0.1) is 35.0 Å². The molecular weight excluding hydrogens is 588 g/mol. The fourth-order valence-corrected chi connectivity index (χ4v) is 6.88. The minimum Gasteiger partial charge on any atom is -0.493 e. The van der Waals surface area contributed by atoms with E-state index in [1.807, 2.05) is 53.1 Å². The molecule has 2 heterocycles. The largest absolute Gasteiger partial charge is 0.493 e. The van der Waals surface area contributed by atoms with Crippen LogP contribution in [0.1, 0.15) is 34.7 Å². The summed E-state index contributed by atoms with van der Waals surface area (Å²) in [5, 5.41) is 0. The first-order valence-corrected chi connectivity index (χ1v) is 14.5.